The second-order valence-electron chi connectivity index (χ2n) is 3.36. The van der Waals surface area contributed by atoms with E-state index in [0.717, 1.165) is 21.1 Å². The van der Waals surface area contributed by atoms with Gasteiger partial charge in [-0.1, -0.05) is 15.9 Å². The second kappa shape index (κ2) is 3.66. The van der Waals surface area contributed by atoms with E-state index in [1.807, 2.05) is 23.7 Å². The van der Waals surface area contributed by atoms with E-state index in [2.05, 4.69) is 20.9 Å². The average Bonchev–Trinajstić information content (AvgIpc) is 2.46. The summed E-state index contributed by atoms with van der Waals surface area (Å²) in [7, 11) is 1.86. The van der Waals surface area contributed by atoms with Crippen LogP contribution in [-0.2, 0) is 18.3 Å². The molecule has 1 aromatic heterocycles. The van der Waals surface area contributed by atoms with Gasteiger partial charge < -0.3 is 9.67 Å². The van der Waals surface area contributed by atoms with Gasteiger partial charge >= 0.3 is 5.97 Å². The Morgan fingerprint density at radius 1 is 1.60 bits per heavy atom. The third kappa shape index (κ3) is 1.87. The summed E-state index contributed by atoms with van der Waals surface area (Å²) in [5.41, 5.74) is 2.45. The molecule has 0 saturated heterocycles. The smallest absolute Gasteiger partial charge is 0.307 e. The predicted molar refractivity (Wildman–Crippen MR) is 59.8 cm³/mol. The van der Waals surface area contributed by atoms with Gasteiger partial charge in [0.15, 0.2) is 0 Å². The van der Waals surface area contributed by atoms with Crippen molar-refractivity contribution in [2.75, 3.05) is 0 Å². The second-order valence-corrected chi connectivity index (χ2v) is 4.27. The first kappa shape index (κ1) is 10.2. The van der Waals surface area contributed by atoms with Crippen molar-refractivity contribution in [3.05, 3.63) is 28.5 Å². The molecule has 0 radical (unpaired) electrons. The van der Waals surface area contributed by atoms with Gasteiger partial charge in [0.05, 0.1) is 23.8 Å². The average molecular weight is 269 g/mol. The Bertz CT molecular complexity index is 533. The molecule has 1 heterocycles. The van der Waals surface area contributed by atoms with Crippen molar-refractivity contribution >= 4 is 32.9 Å². The number of fused-ring (bicyclic) bond motifs is 1. The predicted octanol–water partition coefficient (Wildman–Crippen LogP) is 1.96. The number of carboxylic acids is 1. The van der Waals surface area contributed by atoms with E-state index in [1.165, 1.54) is 0 Å². The lowest BCUT2D eigenvalue weighted by Crippen LogP contribution is -2.02. The molecular formula is C10H9BrN2O2. The zero-order valence-electron chi connectivity index (χ0n) is 8.07. The number of hydrogen-bond donors (Lipinski definition) is 1. The van der Waals surface area contributed by atoms with Crippen LogP contribution in [0.1, 0.15) is 5.56 Å². The van der Waals surface area contributed by atoms with Crippen LogP contribution in [0.5, 0.6) is 0 Å². The SMILES string of the molecule is Cn1cnc2cc(Br)cc(CC(=O)O)c21. The first-order chi connectivity index (χ1) is 7.08. The molecule has 0 atom stereocenters. The van der Waals surface area contributed by atoms with Crippen molar-refractivity contribution in [1.29, 1.82) is 0 Å². The number of rotatable bonds is 2. The molecule has 0 unspecified atom stereocenters. The van der Waals surface area contributed by atoms with Crippen LogP contribution < -0.4 is 0 Å². The van der Waals surface area contributed by atoms with Crippen LogP contribution in [0.3, 0.4) is 0 Å². The van der Waals surface area contributed by atoms with Crippen LogP contribution in [0.25, 0.3) is 11.0 Å². The van der Waals surface area contributed by atoms with Gasteiger partial charge in [-0.15, -0.1) is 0 Å². The van der Waals surface area contributed by atoms with E-state index < -0.39 is 5.97 Å². The van der Waals surface area contributed by atoms with Crippen molar-refractivity contribution in [3.8, 4) is 0 Å². The minimum atomic E-state index is -0.837. The van der Waals surface area contributed by atoms with Gasteiger partial charge in [-0.05, 0) is 17.7 Å². The van der Waals surface area contributed by atoms with Gasteiger partial charge in [0, 0.05) is 11.5 Å². The minimum Gasteiger partial charge on any atom is -0.481 e. The number of carbonyl (C=O) groups is 1. The third-order valence-corrected chi connectivity index (χ3v) is 2.66. The van der Waals surface area contributed by atoms with Crippen LogP contribution in [0, 0.1) is 0 Å². The fourth-order valence-corrected chi connectivity index (χ4v) is 2.14. The normalized spacial score (nSPS) is 10.8. The van der Waals surface area contributed by atoms with Crippen molar-refractivity contribution in [2.24, 2.45) is 7.05 Å². The van der Waals surface area contributed by atoms with Crippen LogP contribution in [0.2, 0.25) is 0 Å². The Morgan fingerprint density at radius 2 is 2.33 bits per heavy atom. The summed E-state index contributed by atoms with van der Waals surface area (Å²) in [5, 5.41) is 8.80. The van der Waals surface area contributed by atoms with Crippen LogP contribution in [0.4, 0.5) is 0 Å². The molecule has 0 saturated carbocycles. The molecule has 0 fully saturated rings. The number of benzene rings is 1. The third-order valence-electron chi connectivity index (χ3n) is 2.20. The van der Waals surface area contributed by atoms with Crippen molar-refractivity contribution in [3.63, 3.8) is 0 Å². The largest absolute Gasteiger partial charge is 0.481 e. The quantitative estimate of drug-likeness (QED) is 0.906. The molecule has 2 aromatic rings. The van der Waals surface area contributed by atoms with E-state index in [9.17, 15) is 4.79 Å². The lowest BCUT2D eigenvalue weighted by molar-refractivity contribution is -0.136. The maximum Gasteiger partial charge on any atom is 0.307 e. The molecule has 15 heavy (non-hydrogen) atoms. The molecular weight excluding hydrogens is 260 g/mol. The number of nitrogens with zero attached hydrogens (tertiary/aromatic N) is 2. The Labute approximate surface area is 94.7 Å². The van der Waals surface area contributed by atoms with Crippen LogP contribution >= 0.6 is 15.9 Å². The van der Waals surface area contributed by atoms with Crippen LogP contribution in [0.15, 0.2) is 22.9 Å². The molecule has 4 nitrogen and oxygen atoms in total. The number of imidazole rings is 1. The molecule has 78 valence electrons. The lowest BCUT2D eigenvalue weighted by atomic mass is 10.1. The van der Waals surface area contributed by atoms with E-state index in [1.54, 1.807) is 6.33 Å². The van der Waals surface area contributed by atoms with Gasteiger partial charge in [0.25, 0.3) is 0 Å². The summed E-state index contributed by atoms with van der Waals surface area (Å²) >= 11 is 3.34. The Morgan fingerprint density at radius 3 is 3.00 bits per heavy atom. The fraction of sp³-hybridized carbons (Fsp3) is 0.200. The van der Waals surface area contributed by atoms with Gasteiger partial charge in [0.2, 0.25) is 0 Å². The van der Waals surface area contributed by atoms with Crippen molar-refractivity contribution in [1.82, 2.24) is 9.55 Å². The van der Waals surface area contributed by atoms with E-state index in [-0.39, 0.29) is 6.42 Å². The number of aliphatic carboxylic acids is 1. The fourth-order valence-electron chi connectivity index (χ4n) is 1.65. The molecule has 1 N–H and O–H groups in total. The van der Waals surface area contributed by atoms with E-state index >= 15 is 0 Å². The molecule has 0 spiro atoms. The number of hydrogen-bond acceptors (Lipinski definition) is 2. The Kier molecular flexibility index (Phi) is 2.48. The summed E-state index contributed by atoms with van der Waals surface area (Å²) in [6.07, 6.45) is 1.69. The molecule has 0 amide bonds. The summed E-state index contributed by atoms with van der Waals surface area (Å²) < 4.78 is 2.69. The van der Waals surface area contributed by atoms with Gasteiger partial charge in [-0.25, -0.2) is 4.98 Å². The standard InChI is InChI=1S/C10H9BrN2O2/c1-13-5-12-8-4-7(11)2-6(10(8)13)3-9(14)15/h2,4-5H,3H2,1H3,(H,14,15). The minimum absolute atomic E-state index is 0.00940. The molecule has 0 bridgehead atoms. The zero-order valence-corrected chi connectivity index (χ0v) is 9.65. The summed E-state index contributed by atoms with van der Waals surface area (Å²) in [6, 6.07) is 3.69. The molecule has 5 heteroatoms. The summed E-state index contributed by atoms with van der Waals surface area (Å²) in [4.78, 5) is 14.9. The first-order valence-corrected chi connectivity index (χ1v) is 5.18. The highest BCUT2D eigenvalue weighted by Crippen LogP contribution is 2.23. The van der Waals surface area contributed by atoms with Gasteiger partial charge in [-0.3, -0.25) is 4.79 Å². The summed E-state index contributed by atoms with van der Waals surface area (Å²) in [6.45, 7) is 0. The van der Waals surface area contributed by atoms with Crippen LogP contribution in [-0.4, -0.2) is 20.6 Å². The Balaban J connectivity index is 2.68. The van der Waals surface area contributed by atoms with E-state index in [4.69, 9.17) is 5.11 Å². The Hall–Kier alpha value is -1.36. The molecule has 0 aliphatic carbocycles. The van der Waals surface area contributed by atoms with Gasteiger partial charge in [0.1, 0.15) is 0 Å². The maximum atomic E-state index is 10.7. The number of aromatic nitrogens is 2. The number of aryl methyl sites for hydroxylation is 1. The highest BCUT2D eigenvalue weighted by atomic mass is 79.9. The van der Waals surface area contributed by atoms with Crippen molar-refractivity contribution in [2.45, 2.75) is 6.42 Å². The number of carboxylic acid groups (broad SMARTS) is 1. The molecule has 1 aromatic carbocycles. The topological polar surface area (TPSA) is 55.1 Å². The highest BCUT2D eigenvalue weighted by molar-refractivity contribution is 9.10. The molecule has 0 aliphatic heterocycles. The zero-order chi connectivity index (χ0) is 11.0. The maximum absolute atomic E-state index is 10.7. The molecule has 2 rings (SSSR count). The van der Waals surface area contributed by atoms with Gasteiger partial charge in [-0.2, -0.15) is 0 Å². The monoisotopic (exact) mass is 268 g/mol. The van der Waals surface area contributed by atoms with E-state index in [0.29, 0.717) is 0 Å². The lowest BCUT2D eigenvalue weighted by Gasteiger charge is -2.03. The first-order valence-electron chi connectivity index (χ1n) is 4.39. The highest BCUT2D eigenvalue weighted by Gasteiger charge is 2.10. The molecule has 0 aliphatic rings. The van der Waals surface area contributed by atoms with Crippen molar-refractivity contribution < 1.29 is 9.90 Å². The summed E-state index contributed by atoms with van der Waals surface area (Å²) in [5.74, 6) is -0.837. The number of halogens is 1.